The maximum Gasteiger partial charge on any atom is 0.0178 e. The Morgan fingerprint density at radius 2 is 2.18 bits per heavy atom. The van der Waals surface area contributed by atoms with Gasteiger partial charge >= 0.3 is 0 Å². The minimum atomic E-state index is 0.395. The van der Waals surface area contributed by atoms with Crippen molar-refractivity contribution in [1.82, 2.24) is 5.32 Å². The summed E-state index contributed by atoms with van der Waals surface area (Å²) >= 11 is 3.60. The number of rotatable bonds is 4. The normalized spacial score (nSPS) is 32.2. The van der Waals surface area contributed by atoms with E-state index in [9.17, 15) is 0 Å². The van der Waals surface area contributed by atoms with E-state index in [0.717, 1.165) is 18.5 Å². The van der Waals surface area contributed by atoms with Gasteiger partial charge in [0, 0.05) is 22.5 Å². The second kappa shape index (κ2) is 4.40. The van der Waals surface area contributed by atoms with Gasteiger partial charge in [-0.2, -0.15) is 0 Å². The molecule has 1 N–H and O–H groups in total. The number of hydrogen-bond donors (Lipinski definition) is 1. The zero-order valence-corrected chi connectivity index (χ0v) is 12.0. The Hall–Kier alpha value is -0.340. The lowest BCUT2D eigenvalue weighted by Crippen LogP contribution is -2.50. The van der Waals surface area contributed by atoms with E-state index < -0.39 is 0 Å². The Morgan fingerprint density at radius 3 is 2.71 bits per heavy atom. The van der Waals surface area contributed by atoms with Crippen LogP contribution in [0.15, 0.2) is 28.7 Å². The average Bonchev–Trinajstić information content (AvgIpc) is 3.12. The van der Waals surface area contributed by atoms with Crippen molar-refractivity contribution in [2.45, 2.75) is 44.1 Å². The minimum absolute atomic E-state index is 0.395. The summed E-state index contributed by atoms with van der Waals surface area (Å²) in [5.41, 5.74) is 1.91. The van der Waals surface area contributed by atoms with Crippen LogP contribution in [-0.2, 0) is 5.41 Å². The molecule has 0 saturated heterocycles. The monoisotopic (exact) mass is 293 g/mol. The van der Waals surface area contributed by atoms with Gasteiger partial charge in [-0.05, 0) is 49.3 Å². The lowest BCUT2D eigenvalue weighted by molar-refractivity contribution is 0.133. The number of halogens is 1. The Morgan fingerprint density at radius 1 is 1.35 bits per heavy atom. The van der Waals surface area contributed by atoms with Gasteiger partial charge in [-0.3, -0.25) is 0 Å². The van der Waals surface area contributed by atoms with Crippen LogP contribution >= 0.6 is 15.9 Å². The first-order valence-electron chi connectivity index (χ1n) is 6.70. The second-order valence-corrected chi connectivity index (χ2v) is 6.68. The number of nitrogens with one attached hydrogen (secondary N) is 1. The first kappa shape index (κ1) is 11.7. The van der Waals surface area contributed by atoms with Crippen LogP contribution in [0.25, 0.3) is 0 Å². The van der Waals surface area contributed by atoms with Crippen molar-refractivity contribution < 1.29 is 0 Å². The largest absolute Gasteiger partial charge is 0.313 e. The van der Waals surface area contributed by atoms with Crippen molar-refractivity contribution in [2.24, 2.45) is 5.92 Å². The highest BCUT2D eigenvalue weighted by Gasteiger charge is 2.45. The van der Waals surface area contributed by atoms with Crippen LogP contribution in [0.1, 0.15) is 38.2 Å². The van der Waals surface area contributed by atoms with Crippen molar-refractivity contribution in [3.05, 3.63) is 34.3 Å². The summed E-state index contributed by atoms with van der Waals surface area (Å²) in [5, 5.41) is 3.73. The predicted octanol–water partition coefficient (Wildman–Crippen LogP) is 3.87. The summed E-state index contributed by atoms with van der Waals surface area (Å²) in [7, 11) is 0. The van der Waals surface area contributed by atoms with Gasteiger partial charge in [-0.15, -0.1) is 0 Å². The predicted molar refractivity (Wildman–Crippen MR) is 75.2 cm³/mol. The van der Waals surface area contributed by atoms with E-state index in [1.54, 1.807) is 0 Å². The lowest BCUT2D eigenvalue weighted by atomic mass is 9.57. The summed E-state index contributed by atoms with van der Waals surface area (Å²) < 4.78 is 1.21. The van der Waals surface area contributed by atoms with E-state index in [2.05, 4.69) is 52.4 Å². The van der Waals surface area contributed by atoms with Crippen LogP contribution in [0.3, 0.4) is 0 Å². The van der Waals surface area contributed by atoms with E-state index in [0.29, 0.717) is 5.41 Å². The molecule has 0 heterocycles. The zero-order chi connectivity index (χ0) is 11.9. The van der Waals surface area contributed by atoms with Crippen LogP contribution < -0.4 is 5.32 Å². The minimum Gasteiger partial charge on any atom is -0.313 e. The Kier molecular flexibility index (Phi) is 3.04. The Balaban J connectivity index is 1.82. The number of benzene rings is 1. The molecule has 1 aromatic rings. The van der Waals surface area contributed by atoms with E-state index in [4.69, 9.17) is 0 Å². The van der Waals surface area contributed by atoms with Crippen LogP contribution in [0, 0.1) is 5.92 Å². The van der Waals surface area contributed by atoms with Crippen molar-refractivity contribution in [3.63, 3.8) is 0 Å². The molecule has 3 rings (SSSR count). The standard InChI is InChI=1S/C15H20BrN/c1-11-7-8-15(11,10-17-14-5-6-14)12-3-2-4-13(16)9-12/h2-4,9,11,14,17H,5-8,10H2,1H3. The summed E-state index contributed by atoms with van der Waals surface area (Å²) in [4.78, 5) is 0. The molecule has 2 aliphatic rings. The smallest absolute Gasteiger partial charge is 0.0178 e. The fraction of sp³-hybridized carbons (Fsp3) is 0.600. The van der Waals surface area contributed by atoms with E-state index in [-0.39, 0.29) is 0 Å². The molecule has 0 bridgehead atoms. The molecule has 0 aromatic heterocycles. The van der Waals surface area contributed by atoms with Crippen molar-refractivity contribution in [1.29, 1.82) is 0 Å². The van der Waals surface area contributed by atoms with Crippen molar-refractivity contribution in [3.8, 4) is 0 Å². The maximum absolute atomic E-state index is 3.73. The van der Waals surface area contributed by atoms with E-state index in [1.165, 1.54) is 35.7 Å². The topological polar surface area (TPSA) is 12.0 Å². The van der Waals surface area contributed by atoms with Gasteiger partial charge < -0.3 is 5.32 Å². The molecule has 92 valence electrons. The lowest BCUT2D eigenvalue weighted by Gasteiger charge is -2.49. The van der Waals surface area contributed by atoms with Crippen molar-refractivity contribution >= 4 is 15.9 Å². The maximum atomic E-state index is 3.73. The molecule has 0 amide bonds. The fourth-order valence-corrected chi connectivity index (χ4v) is 3.39. The molecule has 0 radical (unpaired) electrons. The average molecular weight is 294 g/mol. The summed E-state index contributed by atoms with van der Waals surface area (Å²) in [5.74, 6) is 0.808. The fourth-order valence-electron chi connectivity index (χ4n) is 2.99. The molecule has 2 heteroatoms. The first-order chi connectivity index (χ1) is 8.21. The molecule has 0 aliphatic heterocycles. The molecule has 2 aliphatic carbocycles. The molecule has 0 spiro atoms. The van der Waals surface area contributed by atoms with Gasteiger partial charge in [0.25, 0.3) is 0 Å². The third kappa shape index (κ3) is 2.17. The van der Waals surface area contributed by atoms with Gasteiger partial charge in [-0.25, -0.2) is 0 Å². The first-order valence-corrected chi connectivity index (χ1v) is 7.49. The molecule has 17 heavy (non-hydrogen) atoms. The summed E-state index contributed by atoms with van der Waals surface area (Å²) in [6.45, 7) is 3.56. The van der Waals surface area contributed by atoms with Crippen LogP contribution in [0.2, 0.25) is 0 Å². The van der Waals surface area contributed by atoms with Gasteiger partial charge in [0.15, 0.2) is 0 Å². The molecule has 2 atom stereocenters. The highest BCUT2D eigenvalue weighted by atomic mass is 79.9. The summed E-state index contributed by atoms with van der Waals surface area (Å²) in [6, 6.07) is 9.71. The zero-order valence-electron chi connectivity index (χ0n) is 10.4. The van der Waals surface area contributed by atoms with E-state index >= 15 is 0 Å². The molecule has 2 fully saturated rings. The second-order valence-electron chi connectivity index (χ2n) is 5.76. The molecular weight excluding hydrogens is 274 g/mol. The van der Waals surface area contributed by atoms with Crippen LogP contribution in [0.5, 0.6) is 0 Å². The Bertz CT molecular complexity index is 413. The molecule has 1 nitrogen and oxygen atoms in total. The highest BCUT2D eigenvalue weighted by Crippen LogP contribution is 2.48. The van der Waals surface area contributed by atoms with Gasteiger partial charge in [0.05, 0.1) is 0 Å². The molecule has 1 aromatic carbocycles. The Labute approximate surface area is 112 Å². The molecular formula is C15H20BrN. The molecule has 2 saturated carbocycles. The highest BCUT2D eigenvalue weighted by molar-refractivity contribution is 9.10. The van der Waals surface area contributed by atoms with Crippen LogP contribution in [-0.4, -0.2) is 12.6 Å². The SMILES string of the molecule is CC1CCC1(CNC1CC1)c1cccc(Br)c1. The van der Waals surface area contributed by atoms with Gasteiger partial charge in [-0.1, -0.05) is 35.0 Å². The van der Waals surface area contributed by atoms with Crippen molar-refractivity contribution in [2.75, 3.05) is 6.54 Å². The van der Waals surface area contributed by atoms with Gasteiger partial charge in [0.2, 0.25) is 0 Å². The summed E-state index contributed by atoms with van der Waals surface area (Å²) in [6.07, 6.45) is 5.47. The number of hydrogen-bond acceptors (Lipinski definition) is 1. The third-order valence-corrected chi connectivity index (χ3v) is 5.14. The van der Waals surface area contributed by atoms with E-state index in [1.807, 2.05) is 0 Å². The molecule has 2 unspecified atom stereocenters. The quantitative estimate of drug-likeness (QED) is 0.889. The third-order valence-electron chi connectivity index (χ3n) is 4.65. The van der Waals surface area contributed by atoms with Crippen LogP contribution in [0.4, 0.5) is 0 Å². The van der Waals surface area contributed by atoms with Gasteiger partial charge in [0.1, 0.15) is 0 Å².